The van der Waals surface area contributed by atoms with Crippen LogP contribution in [0.25, 0.3) is 0 Å². The maximum atomic E-state index is 12.8. The third-order valence-electron chi connectivity index (χ3n) is 8.97. The zero-order chi connectivity index (χ0) is 46.7. The number of amides is 1. The van der Waals surface area contributed by atoms with Crippen molar-refractivity contribution in [3.8, 4) is 142 Å². The topological polar surface area (TPSA) is 184 Å². The molecule has 0 aromatic rings. The fourth-order valence-electron chi connectivity index (χ4n) is 5.61. The summed E-state index contributed by atoms with van der Waals surface area (Å²) in [6, 6.07) is -1.22. The van der Waals surface area contributed by atoms with Crippen molar-refractivity contribution in [3.63, 3.8) is 0 Å². The van der Waals surface area contributed by atoms with E-state index >= 15 is 0 Å². The Morgan fingerprint density at radius 1 is 0.609 bits per heavy atom. The van der Waals surface area contributed by atoms with Crippen molar-refractivity contribution in [1.82, 2.24) is 5.32 Å². The van der Waals surface area contributed by atoms with Gasteiger partial charge in [0, 0.05) is 48.0 Å². The Morgan fingerprint density at radius 3 is 1.50 bits per heavy atom. The molecule has 1 aliphatic heterocycles. The Kier molecular flexibility index (Phi) is 34.6. The lowest BCUT2D eigenvalue weighted by atomic mass is 9.98. The molecule has 2 unspecified atom stereocenters. The van der Waals surface area contributed by atoms with E-state index in [-0.39, 0.29) is 13.0 Å². The highest BCUT2D eigenvalue weighted by Gasteiger charge is 2.45. The van der Waals surface area contributed by atoms with Crippen LogP contribution in [0.15, 0.2) is 0 Å². The summed E-state index contributed by atoms with van der Waals surface area (Å²) in [7, 11) is 0. The normalized spacial score (nSPS) is 17.4. The molecule has 0 bridgehead atoms. The van der Waals surface area contributed by atoms with E-state index < -0.39 is 61.5 Å². The van der Waals surface area contributed by atoms with E-state index in [1.807, 2.05) is 0 Å². The molecule has 8 atom stereocenters. The molecule has 11 nitrogen and oxygen atoms in total. The van der Waals surface area contributed by atoms with E-state index in [2.05, 4.69) is 154 Å². The lowest BCUT2D eigenvalue weighted by Gasteiger charge is -2.40. The standard InChI is InChI=1S/C53H58N2O9/c1-3-5-7-9-11-13-15-17-18-19-20-21-22-23-24-25-26-27-29-31-33-35-37-40-48(57)55-45(43-63-53-52(61)51(60)50(59)47(64-53)44-62-42-38-41-54)49(58)46(56)39-36-34-32-30-28-16-14-12-10-8-6-4-2/h45-47,49-53,56,58-61H,4,6,8,10,12,14,16,28,30,32,34,36,38-39,41-44,54H2,1-2H3,(H,55,57)/t45-,46+,47?,49-,50-,51-,52?,53-/m0/s1. The summed E-state index contributed by atoms with van der Waals surface area (Å²) in [4.78, 5) is 12.8. The number of aliphatic hydroxyl groups excluding tert-OH is 5. The maximum Gasteiger partial charge on any atom is 0.297 e. The molecule has 0 aliphatic carbocycles. The lowest BCUT2D eigenvalue weighted by molar-refractivity contribution is -0.304. The number of hydrogen-bond donors (Lipinski definition) is 7. The van der Waals surface area contributed by atoms with Crippen molar-refractivity contribution < 1.29 is 44.5 Å². The van der Waals surface area contributed by atoms with Gasteiger partial charge in [-0.3, -0.25) is 4.79 Å². The second-order valence-corrected chi connectivity index (χ2v) is 14.0. The number of unbranched alkanes of at least 4 members (excludes halogenated alkanes) is 11. The van der Waals surface area contributed by atoms with Crippen molar-refractivity contribution in [3.05, 3.63) is 0 Å². The molecule has 334 valence electrons. The van der Waals surface area contributed by atoms with Crippen molar-refractivity contribution in [2.45, 2.75) is 153 Å². The van der Waals surface area contributed by atoms with Gasteiger partial charge >= 0.3 is 0 Å². The molecule has 0 aromatic carbocycles. The summed E-state index contributed by atoms with van der Waals surface area (Å²) in [5.41, 5.74) is 5.50. The van der Waals surface area contributed by atoms with Gasteiger partial charge in [0.15, 0.2) is 6.29 Å². The van der Waals surface area contributed by atoms with Gasteiger partial charge in [0.2, 0.25) is 0 Å². The highest BCUT2D eigenvalue weighted by Crippen LogP contribution is 2.23. The van der Waals surface area contributed by atoms with Gasteiger partial charge in [0.1, 0.15) is 30.5 Å². The Balaban J connectivity index is 2.82. The van der Waals surface area contributed by atoms with Crippen molar-refractivity contribution in [1.29, 1.82) is 0 Å². The molecule has 11 heteroatoms. The number of aliphatic hydroxyl groups is 5. The molecular formula is C53H58N2O9. The van der Waals surface area contributed by atoms with Crippen molar-refractivity contribution in [2.75, 3.05) is 26.4 Å². The summed E-state index contributed by atoms with van der Waals surface area (Å²) in [6.07, 6.45) is 4.55. The first-order chi connectivity index (χ1) is 31.3. The molecule has 1 amide bonds. The van der Waals surface area contributed by atoms with Crippen LogP contribution in [-0.2, 0) is 19.0 Å². The molecule has 0 saturated carbocycles. The number of carbonyl (C=O) groups is 1. The number of hydrogen-bond acceptors (Lipinski definition) is 10. The maximum absolute atomic E-state index is 12.8. The van der Waals surface area contributed by atoms with Crippen LogP contribution >= 0.6 is 0 Å². The molecule has 1 fully saturated rings. The van der Waals surface area contributed by atoms with Crippen molar-refractivity contribution >= 4 is 5.91 Å². The highest BCUT2D eigenvalue weighted by atomic mass is 16.7. The van der Waals surface area contributed by atoms with Crippen LogP contribution in [0.5, 0.6) is 0 Å². The quantitative estimate of drug-likeness (QED) is 0.0556. The monoisotopic (exact) mass is 866 g/mol. The summed E-state index contributed by atoms with van der Waals surface area (Å²) in [5, 5.41) is 56.1. The minimum atomic E-state index is -1.67. The van der Waals surface area contributed by atoms with Crippen LogP contribution in [0, 0.1) is 142 Å². The van der Waals surface area contributed by atoms with Crippen LogP contribution in [0.2, 0.25) is 0 Å². The Bertz CT molecular complexity index is 2220. The number of rotatable bonds is 24. The fourth-order valence-corrected chi connectivity index (χ4v) is 5.61. The first kappa shape index (κ1) is 55.8. The molecule has 0 spiro atoms. The van der Waals surface area contributed by atoms with Gasteiger partial charge in [-0.2, -0.15) is 0 Å². The lowest BCUT2D eigenvalue weighted by Crippen LogP contribution is -2.60. The second-order valence-electron chi connectivity index (χ2n) is 14.0. The molecule has 64 heavy (non-hydrogen) atoms. The van der Waals surface area contributed by atoms with Crippen LogP contribution in [0.3, 0.4) is 0 Å². The molecular weight excluding hydrogens is 809 g/mol. The first-order valence-corrected chi connectivity index (χ1v) is 21.4. The van der Waals surface area contributed by atoms with E-state index in [4.69, 9.17) is 19.9 Å². The minimum absolute atomic E-state index is 0.112. The minimum Gasteiger partial charge on any atom is -0.390 e. The first-order valence-electron chi connectivity index (χ1n) is 21.4. The largest absolute Gasteiger partial charge is 0.390 e. The van der Waals surface area contributed by atoms with Crippen LogP contribution < -0.4 is 11.1 Å². The molecule has 0 radical (unpaired) electrons. The van der Waals surface area contributed by atoms with Gasteiger partial charge in [-0.1, -0.05) is 89.9 Å². The summed E-state index contributed by atoms with van der Waals surface area (Å²) in [6.45, 7) is 4.02. The fraction of sp³-hybridized carbons (Fsp3) is 0.528. The third-order valence-corrected chi connectivity index (χ3v) is 8.97. The Labute approximate surface area is 381 Å². The molecule has 8 N–H and O–H groups in total. The van der Waals surface area contributed by atoms with Crippen LogP contribution in [0.1, 0.15) is 104 Å². The highest BCUT2D eigenvalue weighted by molar-refractivity contribution is 5.94. The summed E-state index contributed by atoms with van der Waals surface area (Å²) >= 11 is 0. The van der Waals surface area contributed by atoms with Gasteiger partial charge in [0.05, 0.1) is 25.4 Å². The van der Waals surface area contributed by atoms with E-state index in [9.17, 15) is 30.3 Å². The third kappa shape index (κ3) is 29.2. The van der Waals surface area contributed by atoms with Gasteiger partial charge in [0.25, 0.3) is 5.91 Å². The average molecular weight is 867 g/mol. The summed E-state index contributed by atoms with van der Waals surface area (Å²) < 4.78 is 16.9. The van der Waals surface area contributed by atoms with E-state index in [0.717, 1.165) is 19.3 Å². The predicted molar refractivity (Wildman–Crippen MR) is 246 cm³/mol. The second kappa shape index (κ2) is 39.7. The molecule has 1 rings (SSSR count). The van der Waals surface area contributed by atoms with Gasteiger partial charge in [-0.15, -0.1) is 0 Å². The van der Waals surface area contributed by atoms with Crippen LogP contribution in [-0.4, -0.2) is 107 Å². The average Bonchev–Trinajstić information content (AvgIpc) is 3.29. The number of nitrogens with two attached hydrogens (primary N) is 1. The SMILES string of the molecule is CC#CC#CC#CC#CC#CC#CC#CC#CC#CC#CC#CC#CC(=O)N[C@@H](CO[C@H]1OC(COCCCN)[C@H](O)[C@H](O)C1O)[C@H](O)[C@H](O)CCCCCCCCCCCCCC. The van der Waals surface area contributed by atoms with Gasteiger partial charge in [-0.05, 0) is 121 Å². The smallest absolute Gasteiger partial charge is 0.297 e. The van der Waals surface area contributed by atoms with E-state index in [0.29, 0.717) is 26.0 Å². The van der Waals surface area contributed by atoms with Gasteiger partial charge in [-0.25, -0.2) is 0 Å². The predicted octanol–water partition coefficient (Wildman–Crippen LogP) is 1.53. The Hall–Kier alpha value is -6.17. The zero-order valence-corrected chi connectivity index (χ0v) is 36.8. The number of carbonyl (C=O) groups excluding carboxylic acids is 1. The number of ether oxygens (including phenoxy) is 3. The van der Waals surface area contributed by atoms with Gasteiger partial charge < -0.3 is 50.8 Å². The summed E-state index contributed by atoms with van der Waals surface area (Å²) in [5.74, 6) is 58.7. The number of nitrogens with one attached hydrogen (secondary N) is 1. The Morgan fingerprint density at radius 2 is 1.05 bits per heavy atom. The molecule has 1 heterocycles. The van der Waals surface area contributed by atoms with E-state index in [1.54, 1.807) is 6.92 Å². The van der Waals surface area contributed by atoms with E-state index in [1.165, 1.54) is 51.4 Å². The molecule has 0 aromatic heterocycles. The van der Waals surface area contributed by atoms with Crippen LogP contribution in [0.4, 0.5) is 0 Å². The van der Waals surface area contributed by atoms with Crippen molar-refractivity contribution in [2.24, 2.45) is 5.73 Å². The zero-order valence-electron chi connectivity index (χ0n) is 36.8. The molecule has 1 saturated heterocycles. The molecule has 1 aliphatic rings.